The zero-order chi connectivity index (χ0) is 14.8. The van der Waals surface area contributed by atoms with Crippen molar-refractivity contribution in [3.05, 3.63) is 51.5 Å². The minimum Gasteiger partial charge on any atom is -0.338 e. The standard InChI is InChI=1S/C17H20N2OS/c1-12-18-14(11-21-12)10-17(20)19(2)16-9-5-7-13-6-3-4-8-15(13)16/h3-4,6,8,11,16H,5,7,9-10H2,1-2H3/t16-/m1/s1. The van der Waals surface area contributed by atoms with Crippen molar-refractivity contribution in [2.24, 2.45) is 0 Å². The first-order valence-corrected chi connectivity index (χ1v) is 8.27. The minimum absolute atomic E-state index is 0.155. The zero-order valence-electron chi connectivity index (χ0n) is 12.5. The van der Waals surface area contributed by atoms with Crippen LogP contribution in [-0.4, -0.2) is 22.8 Å². The quantitative estimate of drug-likeness (QED) is 0.869. The molecule has 1 aliphatic carbocycles. The van der Waals surface area contributed by atoms with Crippen molar-refractivity contribution in [3.63, 3.8) is 0 Å². The summed E-state index contributed by atoms with van der Waals surface area (Å²) in [5, 5.41) is 3.00. The van der Waals surface area contributed by atoms with Crippen molar-refractivity contribution >= 4 is 17.2 Å². The molecule has 1 aliphatic rings. The molecule has 21 heavy (non-hydrogen) atoms. The van der Waals surface area contributed by atoms with Crippen LogP contribution < -0.4 is 0 Å². The Hall–Kier alpha value is -1.68. The summed E-state index contributed by atoms with van der Waals surface area (Å²) in [5.74, 6) is 0.155. The second-order valence-corrected chi connectivity index (χ2v) is 6.71. The number of thiazole rings is 1. The third-order valence-corrected chi connectivity index (χ3v) is 5.02. The molecule has 0 unspecified atom stereocenters. The van der Waals surface area contributed by atoms with Crippen LogP contribution in [0.1, 0.15) is 40.7 Å². The van der Waals surface area contributed by atoms with Crippen LogP contribution in [0.25, 0.3) is 0 Å². The molecule has 3 rings (SSSR count). The van der Waals surface area contributed by atoms with Crippen LogP contribution in [0.15, 0.2) is 29.6 Å². The summed E-state index contributed by atoms with van der Waals surface area (Å²) in [6.45, 7) is 1.97. The molecular weight excluding hydrogens is 280 g/mol. The second-order valence-electron chi connectivity index (χ2n) is 5.65. The molecule has 0 radical (unpaired) electrons. The number of aromatic nitrogens is 1. The fourth-order valence-corrected chi connectivity index (χ4v) is 3.69. The topological polar surface area (TPSA) is 33.2 Å². The van der Waals surface area contributed by atoms with Gasteiger partial charge in [-0.15, -0.1) is 11.3 Å². The molecule has 0 saturated carbocycles. The number of likely N-dealkylation sites (N-methyl/N-ethyl adjacent to an activating group) is 1. The van der Waals surface area contributed by atoms with Gasteiger partial charge in [0.2, 0.25) is 5.91 Å². The van der Waals surface area contributed by atoms with Gasteiger partial charge in [0.05, 0.1) is 23.2 Å². The average molecular weight is 300 g/mol. The van der Waals surface area contributed by atoms with E-state index < -0.39 is 0 Å². The van der Waals surface area contributed by atoms with Gasteiger partial charge in [0.1, 0.15) is 0 Å². The van der Waals surface area contributed by atoms with Gasteiger partial charge in [0.15, 0.2) is 0 Å². The van der Waals surface area contributed by atoms with Gasteiger partial charge in [0.25, 0.3) is 0 Å². The van der Waals surface area contributed by atoms with Crippen LogP contribution in [0.2, 0.25) is 0 Å². The molecule has 1 heterocycles. The fourth-order valence-electron chi connectivity index (χ4n) is 3.07. The van der Waals surface area contributed by atoms with Crippen molar-refractivity contribution in [1.29, 1.82) is 0 Å². The first-order chi connectivity index (χ1) is 10.1. The number of hydrogen-bond donors (Lipinski definition) is 0. The number of nitrogens with zero attached hydrogens (tertiary/aromatic N) is 2. The highest BCUT2D eigenvalue weighted by atomic mass is 32.1. The van der Waals surface area contributed by atoms with Crippen molar-refractivity contribution in [2.75, 3.05) is 7.05 Å². The third kappa shape index (κ3) is 3.00. The molecule has 2 aromatic rings. The molecule has 0 fully saturated rings. The van der Waals surface area contributed by atoms with Gasteiger partial charge in [-0.05, 0) is 37.3 Å². The summed E-state index contributed by atoms with van der Waals surface area (Å²) < 4.78 is 0. The molecule has 1 amide bonds. The Bertz CT molecular complexity index is 650. The maximum Gasteiger partial charge on any atom is 0.228 e. The van der Waals surface area contributed by atoms with E-state index in [2.05, 4.69) is 29.2 Å². The molecule has 0 aliphatic heterocycles. The molecule has 1 aromatic carbocycles. The second kappa shape index (κ2) is 5.98. The molecule has 0 spiro atoms. The summed E-state index contributed by atoms with van der Waals surface area (Å²) in [5.41, 5.74) is 3.59. The number of amides is 1. The first kappa shape index (κ1) is 14.3. The lowest BCUT2D eigenvalue weighted by atomic mass is 9.87. The van der Waals surface area contributed by atoms with Crippen LogP contribution in [0.3, 0.4) is 0 Å². The number of hydrogen-bond acceptors (Lipinski definition) is 3. The largest absolute Gasteiger partial charge is 0.338 e. The highest BCUT2D eigenvalue weighted by Gasteiger charge is 2.26. The molecular formula is C17H20N2OS. The van der Waals surface area contributed by atoms with E-state index in [1.165, 1.54) is 11.1 Å². The maximum atomic E-state index is 12.5. The predicted molar refractivity (Wildman–Crippen MR) is 85.4 cm³/mol. The Kier molecular flexibility index (Phi) is 4.06. The van der Waals surface area contributed by atoms with E-state index in [-0.39, 0.29) is 11.9 Å². The molecule has 1 atom stereocenters. The molecule has 110 valence electrons. The molecule has 0 saturated heterocycles. The number of carbonyl (C=O) groups is 1. The fraction of sp³-hybridized carbons (Fsp3) is 0.412. The Labute approximate surface area is 129 Å². The van der Waals surface area contributed by atoms with Crippen LogP contribution in [-0.2, 0) is 17.6 Å². The van der Waals surface area contributed by atoms with Crippen molar-refractivity contribution < 1.29 is 4.79 Å². The summed E-state index contributed by atoms with van der Waals surface area (Å²) >= 11 is 1.60. The summed E-state index contributed by atoms with van der Waals surface area (Å²) in [6.07, 6.45) is 3.73. The van der Waals surface area contributed by atoms with E-state index in [9.17, 15) is 4.79 Å². The lowest BCUT2D eigenvalue weighted by molar-refractivity contribution is -0.131. The molecule has 0 N–H and O–H groups in total. The summed E-state index contributed by atoms with van der Waals surface area (Å²) in [4.78, 5) is 18.8. The van der Waals surface area contributed by atoms with E-state index in [1.807, 2.05) is 24.3 Å². The highest BCUT2D eigenvalue weighted by molar-refractivity contribution is 7.09. The number of fused-ring (bicyclic) bond motifs is 1. The van der Waals surface area contributed by atoms with Gasteiger partial charge in [-0.2, -0.15) is 0 Å². The van der Waals surface area contributed by atoms with Gasteiger partial charge in [-0.1, -0.05) is 24.3 Å². The monoisotopic (exact) mass is 300 g/mol. The van der Waals surface area contributed by atoms with E-state index in [1.54, 1.807) is 11.3 Å². The molecule has 3 nitrogen and oxygen atoms in total. The smallest absolute Gasteiger partial charge is 0.228 e. The average Bonchev–Trinajstić information content (AvgIpc) is 2.91. The number of rotatable bonds is 3. The lowest BCUT2D eigenvalue weighted by Gasteiger charge is -2.33. The Morgan fingerprint density at radius 1 is 1.43 bits per heavy atom. The Balaban J connectivity index is 1.76. The molecule has 4 heteroatoms. The van der Waals surface area contributed by atoms with Crippen molar-refractivity contribution in [2.45, 2.75) is 38.6 Å². The van der Waals surface area contributed by atoms with Crippen LogP contribution in [0.4, 0.5) is 0 Å². The number of aryl methyl sites for hydroxylation is 2. The summed E-state index contributed by atoms with van der Waals surface area (Å²) in [6, 6.07) is 8.71. The Morgan fingerprint density at radius 2 is 2.24 bits per heavy atom. The number of carbonyl (C=O) groups excluding carboxylic acids is 1. The van der Waals surface area contributed by atoms with Crippen LogP contribution in [0, 0.1) is 6.92 Å². The van der Waals surface area contributed by atoms with Gasteiger partial charge < -0.3 is 4.90 Å². The normalized spacial score (nSPS) is 17.3. The van der Waals surface area contributed by atoms with Crippen molar-refractivity contribution in [3.8, 4) is 0 Å². The minimum atomic E-state index is 0.155. The van der Waals surface area contributed by atoms with Crippen LogP contribution in [0.5, 0.6) is 0 Å². The van der Waals surface area contributed by atoms with E-state index in [0.717, 1.165) is 30.0 Å². The van der Waals surface area contributed by atoms with Crippen molar-refractivity contribution in [1.82, 2.24) is 9.88 Å². The highest BCUT2D eigenvalue weighted by Crippen LogP contribution is 2.33. The SMILES string of the molecule is Cc1nc(CC(=O)N(C)[C@@H]2CCCc3ccccc32)cs1. The van der Waals surface area contributed by atoms with Crippen LogP contribution >= 0.6 is 11.3 Å². The van der Waals surface area contributed by atoms with Gasteiger partial charge in [-0.25, -0.2) is 4.98 Å². The maximum absolute atomic E-state index is 12.5. The van der Waals surface area contributed by atoms with Gasteiger partial charge >= 0.3 is 0 Å². The molecule has 1 aromatic heterocycles. The van der Waals surface area contributed by atoms with E-state index in [4.69, 9.17) is 0 Å². The first-order valence-electron chi connectivity index (χ1n) is 7.39. The Morgan fingerprint density at radius 3 is 3.00 bits per heavy atom. The lowest BCUT2D eigenvalue weighted by Crippen LogP contribution is -2.34. The number of benzene rings is 1. The van der Waals surface area contributed by atoms with E-state index in [0.29, 0.717) is 6.42 Å². The summed E-state index contributed by atoms with van der Waals surface area (Å²) in [7, 11) is 1.92. The van der Waals surface area contributed by atoms with E-state index >= 15 is 0 Å². The third-order valence-electron chi connectivity index (χ3n) is 4.20. The van der Waals surface area contributed by atoms with Gasteiger partial charge in [0, 0.05) is 12.4 Å². The van der Waals surface area contributed by atoms with Gasteiger partial charge in [-0.3, -0.25) is 4.79 Å². The molecule has 0 bridgehead atoms. The zero-order valence-corrected chi connectivity index (χ0v) is 13.3. The predicted octanol–water partition coefficient (Wildman–Crippen LogP) is 3.53.